The van der Waals surface area contributed by atoms with Crippen LogP contribution < -0.4 is 16.4 Å². The molecular formula is C11H19N3O5. The standard InChI is InChI=1S/C11H19N3O5/c1-10(2,7(12)15)14-9(18)13-6-4-19-5-11(6,3)8(16)17/h6H,4-5H2,1-3H3,(H2,12,15)(H,16,17)(H2,13,14,18). The lowest BCUT2D eigenvalue weighted by atomic mass is 9.85. The number of aliphatic carboxylic acids is 1. The SMILES string of the molecule is CC(C)(NC(=O)NC1COCC1(C)C(=O)O)C(N)=O. The van der Waals surface area contributed by atoms with Gasteiger partial charge < -0.3 is 26.2 Å². The van der Waals surface area contributed by atoms with Gasteiger partial charge in [-0.15, -0.1) is 0 Å². The third-order valence-electron chi connectivity index (χ3n) is 3.29. The molecule has 8 nitrogen and oxygen atoms in total. The maximum Gasteiger partial charge on any atom is 0.315 e. The largest absolute Gasteiger partial charge is 0.481 e. The van der Waals surface area contributed by atoms with Crippen molar-refractivity contribution >= 4 is 17.9 Å². The molecule has 0 spiro atoms. The molecule has 2 atom stereocenters. The molecule has 0 aromatic rings. The first kappa shape index (κ1) is 15.2. The average Bonchev–Trinajstić information content (AvgIpc) is 2.60. The zero-order valence-electron chi connectivity index (χ0n) is 11.1. The van der Waals surface area contributed by atoms with E-state index in [4.69, 9.17) is 15.6 Å². The molecule has 0 aliphatic carbocycles. The van der Waals surface area contributed by atoms with E-state index in [1.807, 2.05) is 0 Å². The number of ether oxygens (including phenoxy) is 1. The number of carbonyl (C=O) groups is 3. The second-order valence-electron chi connectivity index (χ2n) is 5.38. The van der Waals surface area contributed by atoms with Gasteiger partial charge in [0.25, 0.3) is 0 Å². The summed E-state index contributed by atoms with van der Waals surface area (Å²) in [5, 5.41) is 14.0. The second kappa shape index (κ2) is 5.04. The van der Waals surface area contributed by atoms with Gasteiger partial charge in [-0.05, 0) is 20.8 Å². The molecule has 0 radical (unpaired) electrons. The molecule has 1 saturated heterocycles. The number of hydrogen-bond acceptors (Lipinski definition) is 4. The molecule has 5 N–H and O–H groups in total. The zero-order valence-corrected chi connectivity index (χ0v) is 11.1. The number of rotatable bonds is 4. The molecule has 1 aliphatic rings. The van der Waals surface area contributed by atoms with Crippen LogP contribution in [-0.4, -0.2) is 47.8 Å². The Morgan fingerprint density at radius 3 is 2.47 bits per heavy atom. The highest BCUT2D eigenvalue weighted by atomic mass is 16.5. The van der Waals surface area contributed by atoms with Crippen LogP contribution in [0.3, 0.4) is 0 Å². The van der Waals surface area contributed by atoms with Gasteiger partial charge in [-0.25, -0.2) is 4.79 Å². The highest BCUT2D eigenvalue weighted by Crippen LogP contribution is 2.28. The number of carboxylic acids is 1. The minimum atomic E-state index is -1.22. The fourth-order valence-electron chi connectivity index (χ4n) is 1.62. The summed E-state index contributed by atoms with van der Waals surface area (Å²) in [6.07, 6.45) is 0. The molecule has 19 heavy (non-hydrogen) atoms. The maximum absolute atomic E-state index is 11.8. The molecule has 8 heteroatoms. The van der Waals surface area contributed by atoms with E-state index in [2.05, 4.69) is 10.6 Å². The van der Waals surface area contributed by atoms with Gasteiger partial charge in [-0.1, -0.05) is 0 Å². The molecule has 3 amide bonds. The molecular weight excluding hydrogens is 254 g/mol. The molecule has 0 aromatic heterocycles. The molecule has 2 unspecified atom stereocenters. The molecule has 1 fully saturated rings. The number of nitrogens with two attached hydrogens (primary N) is 1. The van der Waals surface area contributed by atoms with Crippen molar-refractivity contribution in [2.75, 3.05) is 13.2 Å². The number of amides is 3. The van der Waals surface area contributed by atoms with Gasteiger partial charge in [0, 0.05) is 0 Å². The van der Waals surface area contributed by atoms with Crippen LogP contribution >= 0.6 is 0 Å². The van der Waals surface area contributed by atoms with Crippen LogP contribution in [0.1, 0.15) is 20.8 Å². The zero-order chi connectivity index (χ0) is 14.8. The minimum Gasteiger partial charge on any atom is -0.481 e. The Kier molecular flexibility index (Phi) is 4.04. The van der Waals surface area contributed by atoms with Gasteiger partial charge in [-0.2, -0.15) is 0 Å². The van der Waals surface area contributed by atoms with E-state index in [-0.39, 0.29) is 13.2 Å². The van der Waals surface area contributed by atoms with E-state index >= 15 is 0 Å². The highest BCUT2D eigenvalue weighted by Gasteiger charge is 2.47. The van der Waals surface area contributed by atoms with Gasteiger partial charge in [0.1, 0.15) is 11.0 Å². The van der Waals surface area contributed by atoms with Crippen molar-refractivity contribution < 1.29 is 24.2 Å². The van der Waals surface area contributed by atoms with Crippen molar-refractivity contribution in [3.05, 3.63) is 0 Å². The van der Waals surface area contributed by atoms with Crippen LogP contribution in [0.25, 0.3) is 0 Å². The quantitative estimate of drug-likeness (QED) is 0.524. The summed E-state index contributed by atoms with van der Waals surface area (Å²) in [5.41, 5.74) is 2.72. The molecule has 0 saturated carbocycles. The predicted octanol–water partition coefficient (Wildman–Crippen LogP) is -0.961. The van der Waals surface area contributed by atoms with E-state index in [0.29, 0.717) is 0 Å². The first-order valence-corrected chi connectivity index (χ1v) is 5.79. The summed E-state index contributed by atoms with van der Waals surface area (Å²) in [7, 11) is 0. The molecule has 1 aliphatic heterocycles. The first-order valence-electron chi connectivity index (χ1n) is 5.79. The fourth-order valence-corrected chi connectivity index (χ4v) is 1.62. The number of hydrogen-bond donors (Lipinski definition) is 4. The van der Waals surface area contributed by atoms with E-state index in [0.717, 1.165) is 0 Å². The number of carboxylic acid groups (broad SMARTS) is 1. The Morgan fingerprint density at radius 1 is 1.42 bits per heavy atom. The third-order valence-corrected chi connectivity index (χ3v) is 3.29. The number of nitrogens with one attached hydrogen (secondary N) is 2. The minimum absolute atomic E-state index is 0.0203. The Morgan fingerprint density at radius 2 is 2.00 bits per heavy atom. The number of primary amides is 1. The van der Waals surface area contributed by atoms with E-state index in [1.165, 1.54) is 20.8 Å². The van der Waals surface area contributed by atoms with Gasteiger partial charge in [0.05, 0.1) is 19.3 Å². The number of urea groups is 1. The lowest BCUT2D eigenvalue weighted by Crippen LogP contribution is -2.59. The molecule has 0 aromatic carbocycles. The Bertz CT molecular complexity index is 409. The Balaban J connectivity index is 2.68. The topological polar surface area (TPSA) is 131 Å². The van der Waals surface area contributed by atoms with E-state index in [1.54, 1.807) is 0 Å². The average molecular weight is 273 g/mol. The molecule has 0 bridgehead atoms. The lowest BCUT2D eigenvalue weighted by molar-refractivity contribution is -0.148. The van der Waals surface area contributed by atoms with Crippen molar-refractivity contribution in [3.63, 3.8) is 0 Å². The van der Waals surface area contributed by atoms with Crippen molar-refractivity contribution in [2.24, 2.45) is 11.1 Å². The van der Waals surface area contributed by atoms with Gasteiger partial charge >= 0.3 is 12.0 Å². The van der Waals surface area contributed by atoms with Gasteiger partial charge in [0.2, 0.25) is 5.91 Å². The Labute approximate surface area is 110 Å². The van der Waals surface area contributed by atoms with Crippen LogP contribution in [-0.2, 0) is 14.3 Å². The monoisotopic (exact) mass is 273 g/mol. The van der Waals surface area contributed by atoms with Crippen LogP contribution in [0, 0.1) is 5.41 Å². The van der Waals surface area contributed by atoms with Crippen LogP contribution in [0.4, 0.5) is 4.79 Å². The summed E-state index contributed by atoms with van der Waals surface area (Å²) in [6, 6.07) is -1.33. The fraction of sp³-hybridized carbons (Fsp3) is 0.727. The van der Waals surface area contributed by atoms with Crippen LogP contribution in [0.5, 0.6) is 0 Å². The number of carbonyl (C=O) groups excluding carboxylic acids is 2. The molecule has 1 heterocycles. The summed E-state index contributed by atoms with van der Waals surface area (Å²) in [4.78, 5) is 34.0. The normalized spacial score (nSPS) is 26.8. The van der Waals surface area contributed by atoms with Gasteiger partial charge in [-0.3, -0.25) is 9.59 Å². The van der Waals surface area contributed by atoms with Gasteiger partial charge in [0.15, 0.2) is 0 Å². The summed E-state index contributed by atoms with van der Waals surface area (Å²) in [6.45, 7) is 4.53. The van der Waals surface area contributed by atoms with E-state index < -0.39 is 34.9 Å². The van der Waals surface area contributed by atoms with Crippen LogP contribution in [0.2, 0.25) is 0 Å². The third kappa shape index (κ3) is 3.14. The maximum atomic E-state index is 11.8. The second-order valence-corrected chi connectivity index (χ2v) is 5.38. The molecule has 1 rings (SSSR count). The predicted molar refractivity (Wildman–Crippen MR) is 65.3 cm³/mol. The van der Waals surface area contributed by atoms with Crippen molar-refractivity contribution in [2.45, 2.75) is 32.4 Å². The van der Waals surface area contributed by atoms with Crippen molar-refractivity contribution in [1.82, 2.24) is 10.6 Å². The summed E-state index contributed by atoms with van der Waals surface area (Å²) < 4.78 is 5.10. The Hall–Kier alpha value is -1.83. The summed E-state index contributed by atoms with van der Waals surface area (Å²) >= 11 is 0. The lowest BCUT2D eigenvalue weighted by Gasteiger charge is -2.28. The molecule has 108 valence electrons. The summed E-state index contributed by atoms with van der Waals surface area (Å²) in [5.74, 6) is -1.74. The van der Waals surface area contributed by atoms with Crippen molar-refractivity contribution in [3.8, 4) is 0 Å². The first-order chi connectivity index (χ1) is 8.59. The van der Waals surface area contributed by atoms with E-state index in [9.17, 15) is 14.4 Å². The van der Waals surface area contributed by atoms with Crippen LogP contribution in [0.15, 0.2) is 0 Å². The highest BCUT2D eigenvalue weighted by molar-refractivity contribution is 5.89. The smallest absolute Gasteiger partial charge is 0.315 e. The van der Waals surface area contributed by atoms with Crippen molar-refractivity contribution in [1.29, 1.82) is 0 Å².